The van der Waals surface area contributed by atoms with Gasteiger partial charge in [-0.05, 0) is 30.3 Å². The largest absolute Gasteiger partial charge is 0.463 e. The maximum atomic E-state index is 12.4. The van der Waals surface area contributed by atoms with Gasteiger partial charge in [-0.3, -0.25) is 9.59 Å². The normalized spacial score (nSPS) is 12.0. The second kappa shape index (κ2) is 7.76. The lowest BCUT2D eigenvalue weighted by Crippen LogP contribution is -2.31. The summed E-state index contributed by atoms with van der Waals surface area (Å²) in [5, 5.41) is 7.59. The first kappa shape index (κ1) is 18.2. The number of amides is 1. The van der Waals surface area contributed by atoms with Gasteiger partial charge in [-0.2, -0.15) is 5.10 Å². The van der Waals surface area contributed by atoms with Crippen LogP contribution in [0.3, 0.4) is 0 Å². The Morgan fingerprint density at radius 2 is 2.04 bits per heavy atom. The number of carbonyl (C=O) groups is 1. The number of benzene rings is 1. The molecule has 1 aromatic carbocycles. The van der Waals surface area contributed by atoms with Crippen LogP contribution in [0.25, 0.3) is 11.5 Å². The van der Waals surface area contributed by atoms with Crippen LogP contribution in [0.5, 0.6) is 0 Å². The summed E-state index contributed by atoms with van der Waals surface area (Å²) in [4.78, 5) is 24.5. The van der Waals surface area contributed by atoms with Crippen LogP contribution in [0, 0.1) is 5.92 Å². The molecule has 1 N–H and O–H groups in total. The first-order valence-corrected chi connectivity index (χ1v) is 8.58. The van der Waals surface area contributed by atoms with E-state index in [0.717, 1.165) is 0 Å². The zero-order chi connectivity index (χ0) is 18.7. The summed E-state index contributed by atoms with van der Waals surface area (Å²) in [6.07, 6.45) is 1.53. The second-order valence-corrected chi connectivity index (χ2v) is 6.49. The third kappa shape index (κ3) is 3.98. The minimum Gasteiger partial charge on any atom is -0.463 e. The van der Waals surface area contributed by atoms with E-state index in [9.17, 15) is 9.59 Å². The summed E-state index contributed by atoms with van der Waals surface area (Å²) < 4.78 is 6.52. The van der Waals surface area contributed by atoms with Crippen LogP contribution in [0.1, 0.15) is 6.92 Å². The van der Waals surface area contributed by atoms with Gasteiger partial charge < -0.3 is 9.73 Å². The average molecular weight is 392 g/mol. The molecule has 2 heterocycles. The molecule has 0 fully saturated rings. The number of hydrogen-bond donors (Lipinski definition) is 1. The van der Waals surface area contributed by atoms with Crippen molar-refractivity contribution in [1.29, 1.82) is 0 Å². The van der Waals surface area contributed by atoms with Gasteiger partial charge in [0.05, 0.1) is 34.5 Å². The zero-order valence-electron chi connectivity index (χ0n) is 13.8. The minimum atomic E-state index is -0.526. The number of aromatic nitrogens is 2. The summed E-state index contributed by atoms with van der Waals surface area (Å²) >= 11 is 12.0. The zero-order valence-corrected chi connectivity index (χ0v) is 15.3. The number of carbonyl (C=O) groups excluding carboxylic acids is 1. The molecule has 0 bridgehead atoms. The maximum absolute atomic E-state index is 12.4. The fraction of sp³-hybridized carbons (Fsp3) is 0.167. The molecule has 6 nitrogen and oxygen atoms in total. The molecule has 0 spiro atoms. The van der Waals surface area contributed by atoms with Crippen molar-refractivity contribution in [2.45, 2.75) is 13.5 Å². The van der Waals surface area contributed by atoms with Crippen LogP contribution < -0.4 is 10.9 Å². The summed E-state index contributed by atoms with van der Waals surface area (Å²) in [6.45, 7) is 1.80. The molecule has 3 aromatic rings. The molecule has 26 heavy (non-hydrogen) atoms. The van der Waals surface area contributed by atoms with Crippen LogP contribution >= 0.6 is 23.2 Å². The number of rotatable bonds is 5. The summed E-state index contributed by atoms with van der Waals surface area (Å²) in [5.74, 6) is -0.282. The van der Waals surface area contributed by atoms with E-state index in [0.29, 0.717) is 22.2 Å². The Labute approximate surface area is 159 Å². The molecule has 1 amide bonds. The summed E-state index contributed by atoms with van der Waals surface area (Å²) in [6, 6.07) is 11.4. The molecular weight excluding hydrogens is 377 g/mol. The molecule has 0 saturated heterocycles. The summed E-state index contributed by atoms with van der Waals surface area (Å²) in [7, 11) is 0. The molecule has 0 aliphatic carbocycles. The van der Waals surface area contributed by atoms with E-state index >= 15 is 0 Å². The van der Waals surface area contributed by atoms with Crippen molar-refractivity contribution in [3.05, 3.63) is 69.1 Å². The van der Waals surface area contributed by atoms with Gasteiger partial charge in [0.25, 0.3) is 5.56 Å². The van der Waals surface area contributed by atoms with Gasteiger partial charge in [0, 0.05) is 6.07 Å². The number of hydrogen-bond acceptors (Lipinski definition) is 4. The molecule has 3 rings (SSSR count). The summed E-state index contributed by atoms with van der Waals surface area (Å²) in [5.41, 5.74) is 0.626. The molecule has 8 heteroatoms. The Kier molecular flexibility index (Phi) is 5.44. The highest BCUT2D eigenvalue weighted by molar-refractivity contribution is 6.44. The smallest absolute Gasteiger partial charge is 0.266 e. The Hall–Kier alpha value is -2.57. The number of anilines is 1. The third-order valence-electron chi connectivity index (χ3n) is 3.74. The van der Waals surface area contributed by atoms with Gasteiger partial charge in [-0.15, -0.1) is 0 Å². The molecular formula is C18H15Cl2N3O3. The van der Waals surface area contributed by atoms with Crippen LogP contribution in [0.4, 0.5) is 5.69 Å². The number of furan rings is 1. The molecule has 0 radical (unpaired) electrons. The van der Waals surface area contributed by atoms with Crippen LogP contribution in [-0.2, 0) is 11.3 Å². The fourth-order valence-corrected chi connectivity index (χ4v) is 2.68. The monoisotopic (exact) mass is 391 g/mol. The Bertz CT molecular complexity index is 984. The fourth-order valence-electron chi connectivity index (χ4n) is 2.33. The van der Waals surface area contributed by atoms with Gasteiger partial charge in [-0.1, -0.05) is 36.2 Å². The lowest BCUT2D eigenvalue weighted by atomic mass is 10.1. The number of nitrogens with one attached hydrogen (secondary N) is 1. The van der Waals surface area contributed by atoms with Crippen molar-refractivity contribution >= 4 is 34.8 Å². The molecule has 1 unspecified atom stereocenters. The Morgan fingerprint density at radius 3 is 2.77 bits per heavy atom. The molecule has 134 valence electrons. The highest BCUT2D eigenvalue weighted by atomic mass is 35.5. The topological polar surface area (TPSA) is 77.1 Å². The predicted molar refractivity (Wildman–Crippen MR) is 100 cm³/mol. The Balaban J connectivity index is 1.76. The van der Waals surface area contributed by atoms with Crippen molar-refractivity contribution in [2.75, 3.05) is 5.32 Å². The van der Waals surface area contributed by atoms with Gasteiger partial charge in [0.2, 0.25) is 5.91 Å². The van der Waals surface area contributed by atoms with Crippen LogP contribution in [0.2, 0.25) is 10.0 Å². The highest BCUT2D eigenvalue weighted by Crippen LogP contribution is 2.29. The molecule has 0 aliphatic heterocycles. The van der Waals surface area contributed by atoms with Crippen LogP contribution in [0.15, 0.2) is 57.9 Å². The van der Waals surface area contributed by atoms with E-state index in [-0.39, 0.29) is 23.0 Å². The lowest BCUT2D eigenvalue weighted by molar-refractivity contribution is -0.119. The highest BCUT2D eigenvalue weighted by Gasteiger charge is 2.17. The first-order chi connectivity index (χ1) is 12.5. The van der Waals surface area contributed by atoms with Crippen molar-refractivity contribution < 1.29 is 9.21 Å². The lowest BCUT2D eigenvalue weighted by Gasteiger charge is -2.14. The van der Waals surface area contributed by atoms with Gasteiger partial charge in [0.1, 0.15) is 5.69 Å². The van der Waals surface area contributed by atoms with E-state index in [1.807, 2.05) is 0 Å². The quantitative estimate of drug-likeness (QED) is 0.710. The minimum absolute atomic E-state index is 0.109. The number of halogens is 2. The van der Waals surface area contributed by atoms with Gasteiger partial charge >= 0.3 is 0 Å². The van der Waals surface area contributed by atoms with Gasteiger partial charge in [-0.25, -0.2) is 4.68 Å². The second-order valence-electron chi connectivity index (χ2n) is 5.71. The molecule has 2 aromatic heterocycles. The van der Waals surface area contributed by atoms with E-state index < -0.39 is 5.92 Å². The predicted octanol–water partition coefficient (Wildman–Crippen LogP) is 4.08. The van der Waals surface area contributed by atoms with E-state index in [1.54, 1.807) is 43.3 Å². The maximum Gasteiger partial charge on any atom is 0.266 e. The van der Waals surface area contributed by atoms with Gasteiger partial charge in [0.15, 0.2) is 5.76 Å². The van der Waals surface area contributed by atoms with Crippen molar-refractivity contribution in [3.8, 4) is 11.5 Å². The Morgan fingerprint density at radius 1 is 1.23 bits per heavy atom. The van der Waals surface area contributed by atoms with E-state index in [2.05, 4.69) is 10.4 Å². The standard InChI is InChI=1S/C18H15Cl2N3O3/c1-11(18(25)21-14-5-2-4-12(19)17(14)20)10-23-16(24)8-7-13(22-23)15-6-3-9-26-15/h2-9,11H,10H2,1H3,(H,21,25). The third-order valence-corrected chi connectivity index (χ3v) is 4.56. The molecule has 1 atom stereocenters. The van der Waals surface area contributed by atoms with Crippen LogP contribution in [-0.4, -0.2) is 15.7 Å². The van der Waals surface area contributed by atoms with Crippen molar-refractivity contribution in [2.24, 2.45) is 5.92 Å². The molecule has 0 saturated carbocycles. The van der Waals surface area contributed by atoms with Crippen molar-refractivity contribution in [1.82, 2.24) is 9.78 Å². The molecule has 0 aliphatic rings. The number of nitrogens with zero attached hydrogens (tertiary/aromatic N) is 2. The van der Waals surface area contributed by atoms with E-state index in [1.165, 1.54) is 17.0 Å². The van der Waals surface area contributed by atoms with E-state index in [4.69, 9.17) is 27.6 Å². The first-order valence-electron chi connectivity index (χ1n) is 7.82. The SMILES string of the molecule is CC(Cn1nc(-c2ccco2)ccc1=O)C(=O)Nc1cccc(Cl)c1Cl. The van der Waals surface area contributed by atoms with Crippen molar-refractivity contribution in [3.63, 3.8) is 0 Å². The average Bonchev–Trinajstić information content (AvgIpc) is 3.15.